The normalized spacial score (nSPS) is 16.3. The van der Waals surface area contributed by atoms with E-state index in [1.54, 1.807) is 7.11 Å². The molecule has 0 spiro atoms. The average Bonchev–Trinajstić information content (AvgIpc) is 3.03. The number of hydrogen-bond donors (Lipinski definition) is 1. The molecule has 0 saturated carbocycles. The second-order valence-electron chi connectivity index (χ2n) is 4.77. The second-order valence-corrected chi connectivity index (χ2v) is 4.77. The quantitative estimate of drug-likeness (QED) is 0.711. The first kappa shape index (κ1) is 13.4. The predicted octanol–water partition coefficient (Wildman–Crippen LogP) is 1.43. The molecule has 0 bridgehead atoms. The van der Waals surface area contributed by atoms with Crippen LogP contribution >= 0.6 is 0 Å². The van der Waals surface area contributed by atoms with Crippen molar-refractivity contribution in [2.45, 2.75) is 25.8 Å². The van der Waals surface area contributed by atoms with Crippen molar-refractivity contribution in [2.75, 3.05) is 45.2 Å². The van der Waals surface area contributed by atoms with Gasteiger partial charge >= 0.3 is 0 Å². The van der Waals surface area contributed by atoms with Gasteiger partial charge in [-0.05, 0) is 38.9 Å². The maximum absolute atomic E-state index is 5.08. The predicted molar refractivity (Wildman–Crippen MR) is 72.9 cm³/mol. The van der Waals surface area contributed by atoms with E-state index < -0.39 is 0 Å². The minimum absolute atomic E-state index is 0.721. The number of aromatic nitrogens is 2. The van der Waals surface area contributed by atoms with Crippen molar-refractivity contribution >= 4 is 5.95 Å². The van der Waals surface area contributed by atoms with Crippen LogP contribution in [0.4, 0.5) is 5.95 Å². The van der Waals surface area contributed by atoms with E-state index in [2.05, 4.69) is 19.8 Å². The van der Waals surface area contributed by atoms with Crippen molar-refractivity contribution in [3.05, 3.63) is 12.4 Å². The average molecular weight is 252 g/mol. The Labute approximate surface area is 109 Å². The van der Waals surface area contributed by atoms with E-state index in [0.717, 1.165) is 25.6 Å². The Morgan fingerprint density at radius 1 is 1.33 bits per heavy atom. The summed E-state index contributed by atoms with van der Waals surface area (Å²) in [5.41, 5.74) is 0. The highest BCUT2D eigenvalue weighted by Crippen LogP contribution is 2.08. The van der Waals surface area contributed by atoms with Crippen LogP contribution in [0.15, 0.2) is 12.4 Å². The Morgan fingerprint density at radius 3 is 2.94 bits per heavy atom. The Hall–Kier alpha value is -1.07. The number of anilines is 1. The maximum atomic E-state index is 5.08. The van der Waals surface area contributed by atoms with Crippen LogP contribution in [0, 0.1) is 0 Å². The summed E-state index contributed by atoms with van der Waals surface area (Å²) in [5.74, 6) is 0.952. The van der Waals surface area contributed by atoms with E-state index in [-0.39, 0.29) is 0 Å². The second kappa shape index (κ2) is 7.38. The van der Waals surface area contributed by atoms with Crippen LogP contribution in [0.25, 0.3) is 0 Å². The number of ether oxygens (including phenoxy) is 1. The minimum Gasteiger partial charge on any atom is -0.383 e. The van der Waals surface area contributed by atoms with Gasteiger partial charge in [0.1, 0.15) is 0 Å². The Morgan fingerprint density at radius 2 is 2.17 bits per heavy atom. The fourth-order valence-corrected chi connectivity index (χ4v) is 2.36. The van der Waals surface area contributed by atoms with E-state index in [1.165, 1.54) is 38.9 Å². The third kappa shape index (κ3) is 3.99. The SMILES string of the molecule is COCCn1ccnc1NCCCN1CCCC1. The van der Waals surface area contributed by atoms with Crippen LogP contribution in [0.3, 0.4) is 0 Å². The molecular formula is C13H24N4O. The molecule has 2 heterocycles. The lowest BCUT2D eigenvalue weighted by Gasteiger charge is -2.14. The number of methoxy groups -OCH3 is 1. The molecule has 0 amide bonds. The van der Waals surface area contributed by atoms with E-state index in [1.807, 2.05) is 12.4 Å². The van der Waals surface area contributed by atoms with Gasteiger partial charge in [0.15, 0.2) is 0 Å². The van der Waals surface area contributed by atoms with Gasteiger partial charge in [-0.15, -0.1) is 0 Å². The largest absolute Gasteiger partial charge is 0.383 e. The van der Waals surface area contributed by atoms with E-state index in [9.17, 15) is 0 Å². The molecule has 1 aliphatic heterocycles. The smallest absolute Gasteiger partial charge is 0.202 e. The minimum atomic E-state index is 0.721. The van der Waals surface area contributed by atoms with E-state index in [0.29, 0.717) is 0 Å². The third-order valence-electron chi connectivity index (χ3n) is 3.38. The number of likely N-dealkylation sites (tertiary alicyclic amines) is 1. The number of nitrogens with zero attached hydrogens (tertiary/aromatic N) is 3. The lowest BCUT2D eigenvalue weighted by atomic mass is 10.4. The monoisotopic (exact) mass is 252 g/mol. The number of rotatable bonds is 8. The molecule has 5 heteroatoms. The summed E-state index contributed by atoms with van der Waals surface area (Å²) in [4.78, 5) is 6.86. The molecule has 18 heavy (non-hydrogen) atoms. The molecule has 1 N–H and O–H groups in total. The van der Waals surface area contributed by atoms with Crippen LogP contribution in [0.1, 0.15) is 19.3 Å². The van der Waals surface area contributed by atoms with Crippen molar-refractivity contribution in [3.8, 4) is 0 Å². The van der Waals surface area contributed by atoms with Crippen LogP contribution in [0.2, 0.25) is 0 Å². The first-order valence-electron chi connectivity index (χ1n) is 6.86. The van der Waals surface area contributed by atoms with Gasteiger partial charge < -0.3 is 19.5 Å². The molecular weight excluding hydrogens is 228 g/mol. The van der Waals surface area contributed by atoms with Crippen molar-refractivity contribution in [3.63, 3.8) is 0 Å². The third-order valence-corrected chi connectivity index (χ3v) is 3.38. The van der Waals surface area contributed by atoms with E-state index >= 15 is 0 Å². The molecule has 0 radical (unpaired) electrons. The summed E-state index contributed by atoms with van der Waals surface area (Å²) in [5, 5.41) is 3.40. The van der Waals surface area contributed by atoms with Gasteiger partial charge in [0.2, 0.25) is 5.95 Å². The molecule has 1 fully saturated rings. The van der Waals surface area contributed by atoms with Gasteiger partial charge in [-0.25, -0.2) is 4.98 Å². The zero-order chi connectivity index (χ0) is 12.6. The zero-order valence-corrected chi connectivity index (χ0v) is 11.3. The molecule has 5 nitrogen and oxygen atoms in total. The highest BCUT2D eigenvalue weighted by Gasteiger charge is 2.10. The van der Waals surface area contributed by atoms with Crippen molar-refractivity contribution in [1.82, 2.24) is 14.5 Å². The summed E-state index contributed by atoms with van der Waals surface area (Å²) in [6.07, 6.45) is 7.74. The molecule has 2 rings (SSSR count). The van der Waals surface area contributed by atoms with Gasteiger partial charge in [0.25, 0.3) is 0 Å². The molecule has 1 aromatic rings. The van der Waals surface area contributed by atoms with Crippen LogP contribution in [-0.2, 0) is 11.3 Å². The summed E-state index contributed by atoms with van der Waals surface area (Å²) < 4.78 is 7.18. The van der Waals surface area contributed by atoms with Gasteiger partial charge in [0, 0.05) is 32.6 Å². The molecule has 0 aliphatic carbocycles. The molecule has 0 atom stereocenters. The molecule has 1 aromatic heterocycles. The topological polar surface area (TPSA) is 42.3 Å². The fourth-order valence-electron chi connectivity index (χ4n) is 2.36. The van der Waals surface area contributed by atoms with Gasteiger partial charge in [0.05, 0.1) is 6.61 Å². The maximum Gasteiger partial charge on any atom is 0.202 e. The Bertz CT molecular complexity index is 333. The van der Waals surface area contributed by atoms with Gasteiger partial charge in [-0.3, -0.25) is 0 Å². The van der Waals surface area contributed by atoms with Crippen LogP contribution in [0.5, 0.6) is 0 Å². The van der Waals surface area contributed by atoms with Gasteiger partial charge in [-0.2, -0.15) is 0 Å². The zero-order valence-electron chi connectivity index (χ0n) is 11.3. The molecule has 0 unspecified atom stereocenters. The van der Waals surface area contributed by atoms with Crippen molar-refractivity contribution in [1.29, 1.82) is 0 Å². The summed E-state index contributed by atoms with van der Waals surface area (Å²) >= 11 is 0. The lowest BCUT2D eigenvalue weighted by molar-refractivity contribution is 0.187. The number of imidazole rings is 1. The number of hydrogen-bond acceptors (Lipinski definition) is 4. The summed E-state index contributed by atoms with van der Waals surface area (Å²) in [7, 11) is 1.72. The van der Waals surface area contributed by atoms with Crippen LogP contribution < -0.4 is 5.32 Å². The highest BCUT2D eigenvalue weighted by molar-refractivity contribution is 5.25. The summed E-state index contributed by atoms with van der Waals surface area (Å²) in [6.45, 7) is 6.32. The van der Waals surface area contributed by atoms with E-state index in [4.69, 9.17) is 4.74 Å². The standard InChI is InChI=1S/C13H24N4O/c1-18-12-11-17-10-6-15-13(17)14-5-4-9-16-7-2-3-8-16/h6,10H,2-5,7-9,11-12H2,1H3,(H,14,15). The molecule has 0 aromatic carbocycles. The lowest BCUT2D eigenvalue weighted by Crippen LogP contribution is -2.22. The van der Waals surface area contributed by atoms with Crippen LogP contribution in [-0.4, -0.2) is 54.3 Å². The fraction of sp³-hybridized carbons (Fsp3) is 0.769. The van der Waals surface area contributed by atoms with Crippen molar-refractivity contribution in [2.24, 2.45) is 0 Å². The first-order valence-corrected chi connectivity index (χ1v) is 6.86. The van der Waals surface area contributed by atoms with Crippen molar-refractivity contribution < 1.29 is 4.74 Å². The highest BCUT2D eigenvalue weighted by atomic mass is 16.5. The molecule has 102 valence electrons. The first-order chi connectivity index (χ1) is 8.90. The molecule has 1 aliphatic rings. The number of nitrogens with one attached hydrogen (secondary N) is 1. The molecule has 1 saturated heterocycles. The summed E-state index contributed by atoms with van der Waals surface area (Å²) in [6, 6.07) is 0. The Kier molecular flexibility index (Phi) is 5.48. The van der Waals surface area contributed by atoms with Gasteiger partial charge in [-0.1, -0.05) is 0 Å². The Balaban J connectivity index is 1.64.